The molecule has 0 spiro atoms. The van der Waals surface area contributed by atoms with Gasteiger partial charge in [-0.3, -0.25) is 38.5 Å². The molecule has 79 heavy (non-hydrogen) atoms. The molecule has 3 aromatic rings. The van der Waals surface area contributed by atoms with E-state index in [0.29, 0.717) is 67.3 Å². The molecule has 3 aliphatic heterocycles. The number of carbonyl (C=O) groups is 7. The van der Waals surface area contributed by atoms with Gasteiger partial charge in [-0.05, 0) is 81.5 Å². The zero-order chi connectivity index (χ0) is 56.3. The number of nitrogens with zero attached hydrogens (tertiary/aromatic N) is 4. The molecule has 7 rings (SSSR count). The van der Waals surface area contributed by atoms with Crippen molar-refractivity contribution in [3.05, 3.63) is 60.3 Å². The van der Waals surface area contributed by atoms with Gasteiger partial charge in [-0.15, -0.1) is 5.10 Å². The van der Waals surface area contributed by atoms with E-state index >= 15 is 0 Å². The van der Waals surface area contributed by atoms with Crippen molar-refractivity contribution in [2.24, 2.45) is 16.6 Å². The fourth-order valence-corrected chi connectivity index (χ4v) is 12.2. The first kappa shape index (κ1) is 59.8. The molecule has 10 N–H and O–H groups in total. The standard InChI is InChI=1S/C52H73N13O12S2/c1-3-4-15-37(58-48-35-14-5-7-18-42(35)79(73,74)63-48)49(69)56-28-38(50(70)59-36(47(53)68)16-9-10-22-54-43(66)19-8-6-17-41-45-40(31-78-41)60-52(72)61-45)57-44(67)30-77-26-25-76-24-23-55-51(71)46(32-20-21-32)65-29-39(62-64-65)33-12-11-13-34(27-33)75-2/h5,7,11-14,18,27,29,32,36-38,40-41,45-46H,3-4,6,8-10,15-17,19-26,28,30-31H2,1-2H3,(H2,53,68)(H,54,66)(H,55,71)(H,56,69)(H,57,67)(H,58,63)(H,59,70)(H2,60,61,72)/t36?,37?,38?,40?,41-,45?,46?/m0/s1. The summed E-state index contributed by atoms with van der Waals surface area (Å²) in [5.41, 5.74) is 7.45. The summed E-state index contributed by atoms with van der Waals surface area (Å²) in [6, 6.07) is 9.57. The second-order valence-electron chi connectivity index (χ2n) is 19.8. The summed E-state index contributed by atoms with van der Waals surface area (Å²) in [6.07, 6.45) is 8.79. The highest BCUT2D eigenvalue weighted by Crippen LogP contribution is 2.40. The number of fused-ring (bicyclic) bond motifs is 2. The Labute approximate surface area is 463 Å². The number of nitrogens with two attached hydrogens (primary N) is 1. The van der Waals surface area contributed by atoms with Gasteiger partial charge in [0.05, 0.1) is 50.1 Å². The van der Waals surface area contributed by atoms with E-state index in [1.54, 1.807) is 36.2 Å². The van der Waals surface area contributed by atoms with Crippen LogP contribution in [0.15, 0.2) is 64.6 Å². The number of benzene rings is 2. The van der Waals surface area contributed by atoms with Crippen LogP contribution in [-0.4, -0.2) is 165 Å². The van der Waals surface area contributed by atoms with E-state index < -0.39 is 71.0 Å². The maximum absolute atomic E-state index is 13.9. The molecule has 3 fully saturated rings. The monoisotopic (exact) mass is 1140 g/mol. The Balaban J connectivity index is 0.863. The molecule has 2 saturated heterocycles. The zero-order valence-corrected chi connectivity index (χ0v) is 46.2. The summed E-state index contributed by atoms with van der Waals surface area (Å²) in [5.74, 6) is -1.67. The van der Waals surface area contributed by atoms with Crippen molar-refractivity contribution in [1.82, 2.24) is 56.9 Å². The number of carbonyl (C=O) groups excluding carboxylic acids is 7. The normalized spacial score (nSPS) is 19.8. The van der Waals surface area contributed by atoms with E-state index in [4.69, 9.17) is 19.9 Å². The van der Waals surface area contributed by atoms with Gasteiger partial charge in [0.2, 0.25) is 35.4 Å². The van der Waals surface area contributed by atoms with Crippen molar-refractivity contribution in [3.8, 4) is 17.0 Å². The molecule has 4 aliphatic rings. The van der Waals surface area contributed by atoms with Crippen LogP contribution in [0.3, 0.4) is 0 Å². The summed E-state index contributed by atoms with van der Waals surface area (Å²) in [6.45, 7) is 1.68. The van der Waals surface area contributed by atoms with Crippen molar-refractivity contribution in [1.29, 1.82) is 0 Å². The van der Waals surface area contributed by atoms with Crippen LogP contribution in [0.25, 0.3) is 11.3 Å². The largest absolute Gasteiger partial charge is 0.497 e. The molecule has 0 bridgehead atoms. The van der Waals surface area contributed by atoms with Crippen LogP contribution in [-0.2, 0) is 48.3 Å². The number of sulfonamides is 1. The van der Waals surface area contributed by atoms with Crippen LogP contribution in [0.2, 0.25) is 0 Å². The van der Waals surface area contributed by atoms with Crippen LogP contribution in [0.4, 0.5) is 4.79 Å². The topological polar surface area (TPSA) is 347 Å². The SMILES string of the molecule is CCCCC(N=C1NS(=O)(=O)c2ccccc21)C(=O)NCC(NC(=O)COCCOCCNC(=O)C(C1CC1)n1cc(-c2cccc(OC)c2)nn1)C(=O)NC(CCCCNC(=O)CCCC[C@@H]1SCC2NC(=O)NC21)C(N)=O. The van der Waals surface area contributed by atoms with Crippen molar-refractivity contribution in [2.45, 2.75) is 130 Å². The molecule has 1 saturated carbocycles. The Kier molecular flexibility index (Phi) is 22.3. The number of amidine groups is 1. The molecule has 0 radical (unpaired) electrons. The lowest BCUT2D eigenvalue weighted by Crippen LogP contribution is -2.57. The van der Waals surface area contributed by atoms with Gasteiger partial charge in [0.15, 0.2) is 0 Å². The van der Waals surface area contributed by atoms with Gasteiger partial charge in [-0.1, -0.05) is 55.7 Å². The Morgan fingerprint density at radius 1 is 0.861 bits per heavy atom. The van der Waals surface area contributed by atoms with Crippen molar-refractivity contribution < 1.29 is 56.2 Å². The van der Waals surface area contributed by atoms with E-state index in [0.717, 1.165) is 37.0 Å². The second-order valence-corrected chi connectivity index (χ2v) is 22.8. The number of unbranched alkanes of at least 4 members (excludes halogenated alkanes) is 3. The Bertz CT molecular complexity index is 2760. The first-order valence-corrected chi connectivity index (χ1v) is 29.5. The molecule has 27 heteroatoms. The fourth-order valence-electron chi connectivity index (χ4n) is 9.45. The molecule has 1 aromatic heterocycles. The van der Waals surface area contributed by atoms with E-state index in [1.807, 2.05) is 43.0 Å². The summed E-state index contributed by atoms with van der Waals surface area (Å²) in [4.78, 5) is 95.7. The van der Waals surface area contributed by atoms with Crippen molar-refractivity contribution in [2.75, 3.05) is 58.9 Å². The third kappa shape index (κ3) is 17.6. The van der Waals surface area contributed by atoms with Crippen LogP contribution in [0, 0.1) is 5.92 Å². The maximum atomic E-state index is 13.9. The number of amides is 8. The predicted molar refractivity (Wildman–Crippen MR) is 292 cm³/mol. The minimum absolute atomic E-state index is 0.00145. The van der Waals surface area contributed by atoms with Crippen molar-refractivity contribution >= 4 is 69.1 Å². The highest BCUT2D eigenvalue weighted by Gasteiger charge is 2.43. The molecule has 8 amide bonds. The minimum Gasteiger partial charge on any atom is -0.497 e. The third-order valence-corrected chi connectivity index (χ3v) is 16.8. The van der Waals surface area contributed by atoms with E-state index in [2.05, 4.69) is 57.2 Å². The number of aliphatic imine (C=N–C) groups is 1. The average Bonchev–Trinajstić information content (AvgIpc) is 3.86. The second kappa shape index (κ2) is 29.4. The molecule has 7 atom stereocenters. The Hall–Kier alpha value is -6.84. The smallest absolute Gasteiger partial charge is 0.315 e. The predicted octanol–water partition coefficient (Wildman–Crippen LogP) is 0.935. The Morgan fingerprint density at radius 2 is 1.67 bits per heavy atom. The minimum atomic E-state index is -3.90. The number of hydrogen-bond donors (Lipinski definition) is 9. The first-order chi connectivity index (χ1) is 38.1. The molecule has 6 unspecified atom stereocenters. The number of methoxy groups -OCH3 is 1. The number of ether oxygens (including phenoxy) is 3. The highest BCUT2D eigenvalue weighted by molar-refractivity contribution is 8.00. The average molecular weight is 1140 g/mol. The van der Waals surface area contributed by atoms with Crippen LogP contribution < -0.4 is 52.4 Å². The van der Waals surface area contributed by atoms with Crippen LogP contribution >= 0.6 is 11.8 Å². The number of nitrogens with one attached hydrogen (secondary N) is 8. The lowest BCUT2D eigenvalue weighted by atomic mass is 10.0. The van der Waals surface area contributed by atoms with Crippen LogP contribution in [0.5, 0.6) is 5.75 Å². The van der Waals surface area contributed by atoms with E-state index in [9.17, 15) is 42.0 Å². The number of hydrogen-bond acceptors (Lipinski definition) is 16. The van der Waals surface area contributed by atoms with Gasteiger partial charge < -0.3 is 57.2 Å². The van der Waals surface area contributed by atoms with Gasteiger partial charge >= 0.3 is 6.03 Å². The lowest BCUT2D eigenvalue weighted by molar-refractivity contribution is -0.133. The van der Waals surface area contributed by atoms with E-state index in [1.165, 1.54) is 6.07 Å². The third-order valence-electron chi connectivity index (χ3n) is 13.8. The van der Waals surface area contributed by atoms with Gasteiger partial charge in [-0.2, -0.15) is 11.8 Å². The number of rotatable bonds is 34. The molecule has 430 valence electrons. The van der Waals surface area contributed by atoms with E-state index in [-0.39, 0.29) is 85.8 Å². The van der Waals surface area contributed by atoms with Crippen LogP contribution in [0.1, 0.15) is 95.6 Å². The number of primary amides is 1. The molecule has 25 nitrogen and oxygen atoms in total. The molecular formula is C52H73N13O12S2. The molecule has 1 aliphatic carbocycles. The Morgan fingerprint density at radius 3 is 2.46 bits per heavy atom. The zero-order valence-electron chi connectivity index (χ0n) is 44.5. The number of urea groups is 1. The summed E-state index contributed by atoms with van der Waals surface area (Å²) < 4.78 is 46.1. The van der Waals surface area contributed by atoms with Gasteiger partial charge in [0, 0.05) is 48.2 Å². The first-order valence-electron chi connectivity index (χ1n) is 27.0. The summed E-state index contributed by atoms with van der Waals surface area (Å²) >= 11 is 1.83. The van der Waals surface area contributed by atoms with Crippen molar-refractivity contribution in [3.63, 3.8) is 0 Å². The number of aromatic nitrogens is 3. The fraction of sp³-hybridized carbons (Fsp3) is 0.577. The highest BCUT2D eigenvalue weighted by atomic mass is 32.2. The molecule has 2 aromatic carbocycles. The summed E-state index contributed by atoms with van der Waals surface area (Å²) in [7, 11) is -2.32. The van der Waals surface area contributed by atoms with Gasteiger partial charge in [-0.25, -0.2) is 17.9 Å². The van der Waals surface area contributed by atoms with Gasteiger partial charge in [0.1, 0.15) is 48.1 Å². The maximum Gasteiger partial charge on any atom is 0.315 e. The quantitative estimate of drug-likeness (QED) is 0.0297. The van der Waals surface area contributed by atoms with Gasteiger partial charge in [0.25, 0.3) is 10.0 Å². The molecular weight excluding hydrogens is 1060 g/mol. The lowest BCUT2D eigenvalue weighted by Gasteiger charge is -2.23. The summed E-state index contributed by atoms with van der Waals surface area (Å²) in [5, 5.41) is 28.4. The number of thioether (sulfide) groups is 1. The molecule has 4 heterocycles.